The first-order valence-electron chi connectivity index (χ1n) is 6.64. The number of carbonyl (C=O) groups is 2. The largest absolute Gasteiger partial charge is 0.481 e. The van der Waals surface area contributed by atoms with Crippen LogP contribution in [-0.2, 0) is 9.59 Å². The highest BCUT2D eigenvalue weighted by molar-refractivity contribution is 7.12. The zero-order valence-electron chi connectivity index (χ0n) is 12.9. The Labute approximate surface area is 124 Å². The summed E-state index contributed by atoms with van der Waals surface area (Å²) in [5.74, 6) is -2.56. The fourth-order valence-corrected chi connectivity index (χ4v) is 3.35. The fourth-order valence-electron chi connectivity index (χ4n) is 2.33. The summed E-state index contributed by atoms with van der Waals surface area (Å²) < 4.78 is 0. The summed E-state index contributed by atoms with van der Waals surface area (Å²) in [4.78, 5) is 25.9. The number of amides is 1. The first-order chi connectivity index (χ1) is 9.04. The van der Waals surface area contributed by atoms with Gasteiger partial charge in [-0.05, 0) is 37.8 Å². The van der Waals surface area contributed by atoms with Crippen LogP contribution in [0.2, 0.25) is 0 Å². The van der Waals surface area contributed by atoms with Gasteiger partial charge >= 0.3 is 5.97 Å². The normalized spacial score (nSPS) is 14.7. The number of aryl methyl sites for hydroxylation is 2. The third-order valence-electron chi connectivity index (χ3n) is 3.28. The van der Waals surface area contributed by atoms with E-state index in [-0.39, 0.29) is 6.04 Å². The monoisotopic (exact) mass is 297 g/mol. The van der Waals surface area contributed by atoms with Gasteiger partial charge in [-0.25, -0.2) is 0 Å². The number of hydrogen-bond donors (Lipinski definition) is 2. The van der Waals surface area contributed by atoms with E-state index in [0.29, 0.717) is 0 Å². The van der Waals surface area contributed by atoms with Crippen molar-refractivity contribution in [3.8, 4) is 0 Å². The molecule has 1 aromatic heterocycles. The number of rotatable bonds is 4. The van der Waals surface area contributed by atoms with Crippen LogP contribution in [0, 0.1) is 25.2 Å². The first-order valence-corrected chi connectivity index (χ1v) is 7.45. The number of carboxylic acid groups (broad SMARTS) is 1. The number of carboxylic acids is 1. The Morgan fingerprint density at radius 1 is 1.30 bits per heavy atom. The molecule has 0 aromatic carbocycles. The lowest BCUT2D eigenvalue weighted by molar-refractivity contribution is -0.151. The summed E-state index contributed by atoms with van der Waals surface area (Å²) in [6.45, 7) is 11.2. The lowest BCUT2D eigenvalue weighted by Crippen LogP contribution is -2.43. The molecule has 2 atom stereocenters. The van der Waals surface area contributed by atoms with Crippen LogP contribution in [0.3, 0.4) is 0 Å². The minimum atomic E-state index is -1.08. The molecule has 0 fully saturated rings. The summed E-state index contributed by atoms with van der Waals surface area (Å²) in [5, 5.41) is 12.1. The molecule has 1 rings (SSSR count). The van der Waals surface area contributed by atoms with Crippen LogP contribution >= 0.6 is 11.3 Å². The number of aliphatic carboxylic acids is 1. The van der Waals surface area contributed by atoms with Crippen LogP contribution in [0.15, 0.2) is 6.07 Å². The molecule has 20 heavy (non-hydrogen) atoms. The lowest BCUT2D eigenvalue weighted by Gasteiger charge is -2.27. The second-order valence-electron chi connectivity index (χ2n) is 6.24. The van der Waals surface area contributed by atoms with Crippen molar-refractivity contribution in [2.45, 2.75) is 47.6 Å². The smallest absolute Gasteiger partial charge is 0.316 e. The molecule has 0 radical (unpaired) electrons. The van der Waals surface area contributed by atoms with Crippen molar-refractivity contribution in [2.24, 2.45) is 11.3 Å². The van der Waals surface area contributed by atoms with E-state index in [0.717, 1.165) is 10.4 Å². The maximum atomic E-state index is 12.2. The van der Waals surface area contributed by atoms with Crippen molar-refractivity contribution < 1.29 is 14.7 Å². The fraction of sp³-hybridized carbons (Fsp3) is 0.600. The Morgan fingerprint density at radius 2 is 1.85 bits per heavy atom. The van der Waals surface area contributed by atoms with Gasteiger partial charge in [0.1, 0.15) is 5.92 Å². The Balaban J connectivity index is 2.89. The second kappa shape index (κ2) is 5.95. The first kappa shape index (κ1) is 16.7. The summed E-state index contributed by atoms with van der Waals surface area (Å²) in [5.41, 5.74) is 0.439. The molecule has 112 valence electrons. The van der Waals surface area contributed by atoms with Gasteiger partial charge in [-0.1, -0.05) is 20.8 Å². The summed E-state index contributed by atoms with van der Waals surface area (Å²) >= 11 is 1.68. The molecular formula is C15H23NO3S. The highest BCUT2D eigenvalue weighted by Crippen LogP contribution is 2.29. The molecule has 0 saturated carbocycles. The molecule has 0 saturated heterocycles. The van der Waals surface area contributed by atoms with E-state index in [1.807, 2.05) is 26.8 Å². The Hall–Kier alpha value is -1.36. The maximum Gasteiger partial charge on any atom is 0.316 e. The van der Waals surface area contributed by atoms with E-state index in [1.54, 1.807) is 32.1 Å². The van der Waals surface area contributed by atoms with E-state index in [2.05, 4.69) is 5.32 Å². The topological polar surface area (TPSA) is 66.4 Å². The molecule has 2 unspecified atom stereocenters. The standard InChI is InChI=1S/C15H23NO3S/c1-8-7-11(10(3)20-8)9(2)16-13(17)12(14(18)19)15(4,5)6/h7,9,12H,1-6H3,(H,16,17)(H,18,19). The molecule has 1 heterocycles. The van der Waals surface area contributed by atoms with Crippen molar-refractivity contribution in [3.05, 3.63) is 21.4 Å². The maximum absolute atomic E-state index is 12.2. The van der Waals surface area contributed by atoms with Gasteiger partial charge in [0.15, 0.2) is 0 Å². The quantitative estimate of drug-likeness (QED) is 0.838. The van der Waals surface area contributed by atoms with Crippen molar-refractivity contribution in [2.75, 3.05) is 0 Å². The molecule has 5 heteroatoms. The van der Waals surface area contributed by atoms with Crippen molar-refractivity contribution >= 4 is 23.2 Å². The van der Waals surface area contributed by atoms with Crippen LogP contribution in [0.1, 0.15) is 49.1 Å². The molecule has 0 bridgehead atoms. The predicted octanol–water partition coefficient (Wildman–Crippen LogP) is 3.29. The van der Waals surface area contributed by atoms with E-state index >= 15 is 0 Å². The zero-order valence-corrected chi connectivity index (χ0v) is 13.7. The Morgan fingerprint density at radius 3 is 2.20 bits per heavy atom. The molecule has 1 amide bonds. The number of thiophene rings is 1. The van der Waals surface area contributed by atoms with Crippen LogP contribution in [0.4, 0.5) is 0 Å². The van der Waals surface area contributed by atoms with Gasteiger partial charge in [-0.2, -0.15) is 0 Å². The van der Waals surface area contributed by atoms with Crippen LogP contribution < -0.4 is 5.32 Å². The van der Waals surface area contributed by atoms with Crippen molar-refractivity contribution in [3.63, 3.8) is 0 Å². The highest BCUT2D eigenvalue weighted by Gasteiger charge is 2.38. The molecule has 1 aromatic rings. The van der Waals surface area contributed by atoms with E-state index in [9.17, 15) is 14.7 Å². The van der Waals surface area contributed by atoms with E-state index in [1.165, 1.54) is 4.88 Å². The van der Waals surface area contributed by atoms with Gasteiger partial charge in [-0.15, -0.1) is 11.3 Å². The predicted molar refractivity (Wildman–Crippen MR) is 80.9 cm³/mol. The minimum absolute atomic E-state index is 0.184. The van der Waals surface area contributed by atoms with E-state index in [4.69, 9.17) is 0 Å². The van der Waals surface area contributed by atoms with Crippen molar-refractivity contribution in [1.82, 2.24) is 5.32 Å². The second-order valence-corrected chi connectivity index (χ2v) is 7.70. The molecule has 0 spiro atoms. The molecule has 0 aliphatic carbocycles. The Bertz CT molecular complexity index is 514. The van der Waals surface area contributed by atoms with Gasteiger partial charge in [-0.3, -0.25) is 9.59 Å². The SMILES string of the molecule is Cc1cc(C(C)NC(=O)C(C(=O)O)C(C)(C)C)c(C)s1. The summed E-state index contributed by atoms with van der Waals surface area (Å²) in [7, 11) is 0. The molecule has 4 nitrogen and oxygen atoms in total. The van der Waals surface area contributed by atoms with Crippen LogP contribution in [0.25, 0.3) is 0 Å². The van der Waals surface area contributed by atoms with Gasteiger partial charge < -0.3 is 10.4 Å². The summed E-state index contributed by atoms with van der Waals surface area (Å²) in [6, 6.07) is 1.86. The molecule has 0 aliphatic heterocycles. The van der Waals surface area contributed by atoms with Crippen LogP contribution in [0.5, 0.6) is 0 Å². The average Bonchev–Trinajstić information content (AvgIpc) is 2.54. The van der Waals surface area contributed by atoms with Gasteiger partial charge in [0, 0.05) is 9.75 Å². The lowest BCUT2D eigenvalue weighted by atomic mass is 9.80. The number of carbonyl (C=O) groups excluding carboxylic acids is 1. The zero-order chi connectivity index (χ0) is 15.7. The molecular weight excluding hydrogens is 274 g/mol. The average molecular weight is 297 g/mol. The number of hydrogen-bond acceptors (Lipinski definition) is 3. The summed E-state index contributed by atoms with van der Waals surface area (Å²) in [6.07, 6.45) is 0. The van der Waals surface area contributed by atoms with E-state index < -0.39 is 23.2 Å². The van der Waals surface area contributed by atoms with Crippen molar-refractivity contribution in [1.29, 1.82) is 0 Å². The van der Waals surface area contributed by atoms with Gasteiger partial charge in [0.25, 0.3) is 0 Å². The van der Waals surface area contributed by atoms with Gasteiger partial charge in [0.2, 0.25) is 5.91 Å². The molecule has 2 N–H and O–H groups in total. The third-order valence-corrected chi connectivity index (χ3v) is 4.26. The highest BCUT2D eigenvalue weighted by atomic mass is 32.1. The van der Waals surface area contributed by atoms with Gasteiger partial charge in [0.05, 0.1) is 6.04 Å². The minimum Gasteiger partial charge on any atom is -0.481 e. The Kier molecular flexibility index (Phi) is 4.97. The third kappa shape index (κ3) is 3.82. The van der Waals surface area contributed by atoms with Crippen LogP contribution in [-0.4, -0.2) is 17.0 Å². The number of nitrogens with one attached hydrogen (secondary N) is 1. The molecule has 0 aliphatic rings.